The van der Waals surface area contributed by atoms with Crippen molar-refractivity contribution in [2.45, 2.75) is 38.6 Å². The van der Waals surface area contributed by atoms with Gasteiger partial charge in [0.2, 0.25) is 0 Å². The van der Waals surface area contributed by atoms with Crippen LogP contribution in [0, 0.1) is 5.41 Å². The average molecular weight is 286 g/mol. The molecular formula is C16H22N4O. The number of urea groups is 1. The maximum Gasteiger partial charge on any atom is 0.317 e. The Kier molecular flexibility index (Phi) is 4.18. The van der Waals surface area contributed by atoms with Crippen LogP contribution in [0.25, 0.3) is 0 Å². The highest BCUT2D eigenvalue weighted by Gasteiger charge is 2.36. The summed E-state index contributed by atoms with van der Waals surface area (Å²) in [7, 11) is 0. The second-order valence-corrected chi connectivity index (χ2v) is 6.11. The first kappa shape index (κ1) is 14.0. The lowest BCUT2D eigenvalue weighted by molar-refractivity contribution is 0.0958. The third-order valence-corrected chi connectivity index (χ3v) is 4.56. The van der Waals surface area contributed by atoms with Gasteiger partial charge in [0.1, 0.15) is 0 Å². The van der Waals surface area contributed by atoms with Crippen molar-refractivity contribution in [3.63, 3.8) is 0 Å². The van der Waals surface area contributed by atoms with Crippen LogP contribution in [0.4, 0.5) is 4.79 Å². The summed E-state index contributed by atoms with van der Waals surface area (Å²) in [4.78, 5) is 14.3. The molecule has 0 unspecified atom stereocenters. The molecule has 0 saturated carbocycles. The highest BCUT2D eigenvalue weighted by molar-refractivity contribution is 5.74. The highest BCUT2D eigenvalue weighted by Crippen LogP contribution is 2.40. The third-order valence-electron chi connectivity index (χ3n) is 4.56. The number of carbonyl (C=O) groups is 1. The van der Waals surface area contributed by atoms with Gasteiger partial charge in [-0.3, -0.25) is 0 Å². The van der Waals surface area contributed by atoms with Crippen LogP contribution in [0.5, 0.6) is 0 Å². The third kappa shape index (κ3) is 3.40. The topological polar surface area (TPSA) is 58.1 Å². The molecule has 1 aliphatic heterocycles. The van der Waals surface area contributed by atoms with Crippen molar-refractivity contribution in [1.82, 2.24) is 20.4 Å². The zero-order valence-corrected chi connectivity index (χ0v) is 12.3. The number of likely N-dealkylation sites (tertiary alicyclic amines) is 1. The van der Waals surface area contributed by atoms with E-state index in [1.165, 1.54) is 12.8 Å². The molecule has 1 aromatic heterocycles. The van der Waals surface area contributed by atoms with Crippen LogP contribution in [0.2, 0.25) is 0 Å². The van der Waals surface area contributed by atoms with Gasteiger partial charge < -0.3 is 10.2 Å². The molecule has 0 radical (unpaired) electrons. The second-order valence-electron chi connectivity index (χ2n) is 6.11. The normalized spacial score (nSPS) is 25.0. The number of piperidine rings is 1. The number of hydrogen-bond donors (Lipinski definition) is 1. The fourth-order valence-electron chi connectivity index (χ4n) is 3.40. The number of carbonyl (C=O) groups excluding carboxylic acids is 1. The van der Waals surface area contributed by atoms with Crippen molar-refractivity contribution in [3.8, 4) is 0 Å². The minimum absolute atomic E-state index is 0.0225. The van der Waals surface area contributed by atoms with Gasteiger partial charge in [0.05, 0.1) is 12.2 Å². The molecule has 2 amide bonds. The van der Waals surface area contributed by atoms with E-state index in [-0.39, 0.29) is 6.03 Å². The molecule has 2 heterocycles. The molecule has 5 heteroatoms. The maximum absolute atomic E-state index is 12.3. The van der Waals surface area contributed by atoms with Gasteiger partial charge in [0.25, 0.3) is 0 Å². The lowest BCUT2D eigenvalue weighted by Gasteiger charge is -2.43. The van der Waals surface area contributed by atoms with Gasteiger partial charge in [-0.15, -0.1) is 0 Å². The number of amides is 2. The smallest absolute Gasteiger partial charge is 0.317 e. The molecule has 1 aliphatic carbocycles. The van der Waals surface area contributed by atoms with E-state index in [0.29, 0.717) is 12.0 Å². The summed E-state index contributed by atoms with van der Waals surface area (Å²) < 4.78 is 0. The minimum atomic E-state index is 0.0225. The highest BCUT2D eigenvalue weighted by atomic mass is 16.2. The van der Waals surface area contributed by atoms with Crippen LogP contribution >= 0.6 is 0 Å². The Morgan fingerprint density at radius 3 is 3.10 bits per heavy atom. The first-order valence-electron chi connectivity index (χ1n) is 7.72. The largest absolute Gasteiger partial charge is 0.332 e. The predicted octanol–water partition coefficient (Wildman–Crippen LogP) is 2.51. The van der Waals surface area contributed by atoms with Crippen LogP contribution < -0.4 is 5.32 Å². The summed E-state index contributed by atoms with van der Waals surface area (Å²) in [6.07, 6.45) is 12.0. The Bertz CT molecular complexity index is 516. The number of allylic oxidation sites excluding steroid dienone is 2. The molecule has 3 rings (SSSR count). The molecule has 2 aliphatic rings. The predicted molar refractivity (Wildman–Crippen MR) is 80.5 cm³/mol. The van der Waals surface area contributed by atoms with Gasteiger partial charge in [-0.2, -0.15) is 10.2 Å². The molecule has 1 saturated heterocycles. The summed E-state index contributed by atoms with van der Waals surface area (Å²) in [6, 6.07) is 3.73. The molecule has 1 fully saturated rings. The second kappa shape index (κ2) is 6.24. The molecule has 0 aromatic carbocycles. The monoisotopic (exact) mass is 286 g/mol. The van der Waals surface area contributed by atoms with Crippen molar-refractivity contribution in [2.24, 2.45) is 5.41 Å². The first-order valence-corrected chi connectivity index (χ1v) is 7.72. The van der Waals surface area contributed by atoms with E-state index in [4.69, 9.17) is 0 Å². The number of hydrogen-bond acceptors (Lipinski definition) is 3. The van der Waals surface area contributed by atoms with E-state index >= 15 is 0 Å². The van der Waals surface area contributed by atoms with E-state index < -0.39 is 0 Å². The number of nitrogens with zero attached hydrogens (tertiary/aromatic N) is 3. The molecule has 21 heavy (non-hydrogen) atoms. The van der Waals surface area contributed by atoms with Crippen molar-refractivity contribution in [3.05, 3.63) is 36.2 Å². The van der Waals surface area contributed by atoms with E-state index in [2.05, 4.69) is 27.7 Å². The summed E-state index contributed by atoms with van der Waals surface area (Å²) in [5, 5.41) is 10.8. The average Bonchev–Trinajstić information content (AvgIpc) is 2.54. The Balaban J connectivity index is 1.56. The van der Waals surface area contributed by atoms with Gasteiger partial charge >= 0.3 is 6.03 Å². The molecule has 5 nitrogen and oxygen atoms in total. The summed E-state index contributed by atoms with van der Waals surface area (Å²) >= 11 is 0. The standard InChI is InChI=1S/C16H22N4O/c21-15(17-12-14-6-4-10-18-19-14)20-11-5-9-16(13-20)7-2-1-3-8-16/h1-2,4,6,10H,3,5,7-9,11-13H2,(H,17,21)/t16-/m1/s1. The molecule has 1 N–H and O–H groups in total. The summed E-state index contributed by atoms with van der Waals surface area (Å²) in [6.45, 7) is 2.18. The minimum Gasteiger partial charge on any atom is -0.332 e. The molecular weight excluding hydrogens is 264 g/mol. The van der Waals surface area contributed by atoms with Gasteiger partial charge in [0.15, 0.2) is 0 Å². The Hall–Kier alpha value is -1.91. The van der Waals surface area contributed by atoms with Gasteiger partial charge in [-0.1, -0.05) is 12.2 Å². The van der Waals surface area contributed by atoms with Crippen LogP contribution in [0.15, 0.2) is 30.5 Å². The number of nitrogens with one attached hydrogen (secondary N) is 1. The van der Waals surface area contributed by atoms with E-state index in [1.807, 2.05) is 17.0 Å². The molecule has 0 bridgehead atoms. The van der Waals surface area contributed by atoms with E-state index in [0.717, 1.165) is 38.0 Å². The Labute approximate surface area is 125 Å². The zero-order valence-electron chi connectivity index (χ0n) is 12.3. The molecule has 1 spiro atoms. The lowest BCUT2D eigenvalue weighted by atomic mass is 9.71. The van der Waals surface area contributed by atoms with Gasteiger partial charge in [0, 0.05) is 19.3 Å². The van der Waals surface area contributed by atoms with Crippen molar-refractivity contribution in [1.29, 1.82) is 0 Å². The molecule has 112 valence electrons. The van der Waals surface area contributed by atoms with Crippen molar-refractivity contribution >= 4 is 6.03 Å². The lowest BCUT2D eigenvalue weighted by Crippen LogP contribution is -2.49. The van der Waals surface area contributed by atoms with Gasteiger partial charge in [-0.25, -0.2) is 4.79 Å². The van der Waals surface area contributed by atoms with Crippen LogP contribution in [-0.2, 0) is 6.54 Å². The molecule has 1 aromatic rings. The van der Waals surface area contributed by atoms with Crippen molar-refractivity contribution in [2.75, 3.05) is 13.1 Å². The summed E-state index contributed by atoms with van der Waals surface area (Å²) in [5.41, 5.74) is 1.11. The van der Waals surface area contributed by atoms with Crippen LogP contribution in [0.1, 0.15) is 37.8 Å². The fourth-order valence-corrected chi connectivity index (χ4v) is 3.40. The quantitative estimate of drug-likeness (QED) is 0.850. The zero-order chi connectivity index (χ0) is 14.5. The Morgan fingerprint density at radius 1 is 1.38 bits per heavy atom. The van der Waals surface area contributed by atoms with E-state index in [1.54, 1.807) is 6.20 Å². The van der Waals surface area contributed by atoms with E-state index in [9.17, 15) is 4.79 Å². The fraction of sp³-hybridized carbons (Fsp3) is 0.562. The number of aromatic nitrogens is 2. The first-order chi connectivity index (χ1) is 10.3. The Morgan fingerprint density at radius 2 is 2.33 bits per heavy atom. The van der Waals surface area contributed by atoms with Crippen molar-refractivity contribution < 1.29 is 4.79 Å². The van der Waals surface area contributed by atoms with Crippen LogP contribution in [0.3, 0.4) is 0 Å². The number of rotatable bonds is 2. The molecule has 1 atom stereocenters. The SMILES string of the molecule is O=C(NCc1cccnn1)N1CCC[C@]2(CC=CCC2)C1. The van der Waals surface area contributed by atoms with Gasteiger partial charge in [-0.05, 0) is 49.7 Å². The summed E-state index contributed by atoms with van der Waals surface area (Å²) in [5.74, 6) is 0. The van der Waals surface area contributed by atoms with Crippen LogP contribution in [-0.4, -0.2) is 34.2 Å². The maximum atomic E-state index is 12.3.